The predicted octanol–water partition coefficient (Wildman–Crippen LogP) is 2.35. The van der Waals surface area contributed by atoms with Crippen molar-refractivity contribution in [1.82, 2.24) is 5.32 Å². The van der Waals surface area contributed by atoms with Crippen molar-refractivity contribution in [2.45, 2.75) is 65.0 Å². The van der Waals surface area contributed by atoms with Crippen LogP contribution in [0.15, 0.2) is 0 Å². The van der Waals surface area contributed by atoms with E-state index in [2.05, 4.69) is 12.2 Å². The molecule has 122 valence electrons. The Morgan fingerprint density at radius 2 is 2.14 bits per heavy atom. The van der Waals surface area contributed by atoms with E-state index in [1.165, 1.54) is 6.42 Å². The summed E-state index contributed by atoms with van der Waals surface area (Å²) in [4.78, 5) is 12.0. The van der Waals surface area contributed by atoms with Gasteiger partial charge in [-0.1, -0.05) is 27.2 Å². The minimum Gasteiger partial charge on any atom is -0.465 e. The maximum atomic E-state index is 12.0. The zero-order valence-corrected chi connectivity index (χ0v) is 13.9. The molecule has 4 heteroatoms. The van der Waals surface area contributed by atoms with Gasteiger partial charge in [0.1, 0.15) is 6.04 Å². The van der Waals surface area contributed by atoms with Crippen LogP contribution in [-0.2, 0) is 9.53 Å². The number of hydrogen-bond acceptors (Lipinski definition) is 4. The maximum Gasteiger partial charge on any atom is 0.323 e. The molecule has 1 unspecified atom stereocenters. The van der Waals surface area contributed by atoms with E-state index in [0.29, 0.717) is 30.9 Å². The molecule has 2 N–H and O–H groups in total. The van der Waals surface area contributed by atoms with Gasteiger partial charge in [0.15, 0.2) is 0 Å². The molecule has 5 atom stereocenters. The van der Waals surface area contributed by atoms with Crippen molar-refractivity contribution in [2.24, 2.45) is 23.7 Å². The van der Waals surface area contributed by atoms with Gasteiger partial charge in [-0.25, -0.2) is 0 Å². The molecule has 2 saturated carbocycles. The van der Waals surface area contributed by atoms with Crippen LogP contribution in [0.2, 0.25) is 0 Å². The topological polar surface area (TPSA) is 58.6 Å². The average Bonchev–Trinajstić information content (AvgIpc) is 2.55. The quantitative estimate of drug-likeness (QED) is 0.739. The molecule has 2 aliphatic rings. The van der Waals surface area contributed by atoms with Gasteiger partial charge >= 0.3 is 5.97 Å². The summed E-state index contributed by atoms with van der Waals surface area (Å²) in [5.74, 6) is 1.30. The van der Waals surface area contributed by atoms with Gasteiger partial charge in [0, 0.05) is 6.54 Å². The van der Waals surface area contributed by atoms with Gasteiger partial charge in [0.25, 0.3) is 0 Å². The summed E-state index contributed by atoms with van der Waals surface area (Å²) in [6.45, 7) is 9.01. The zero-order chi connectivity index (χ0) is 15.6. The number of carbonyl (C=O) groups excluding carboxylic acids is 1. The van der Waals surface area contributed by atoms with E-state index in [-0.39, 0.29) is 17.9 Å². The fraction of sp³-hybridized carbons (Fsp3) is 0.941. The standard InChI is InChI=1S/C17H31NO3/c1-5-21-16(19)15(11(2)3)18-10-17(20)13-7-6-8-14(17)12(4)9-13/h11-15,18,20H,5-10H2,1-4H3/t12-,13?,14+,15-,17+/m0/s1. The second-order valence-electron chi connectivity index (χ2n) is 7.29. The maximum absolute atomic E-state index is 12.0. The fourth-order valence-corrected chi connectivity index (χ4v) is 4.47. The molecule has 2 fully saturated rings. The minimum atomic E-state index is -0.642. The molecule has 0 aliphatic heterocycles. The number of ether oxygens (including phenoxy) is 1. The van der Waals surface area contributed by atoms with E-state index in [1.807, 2.05) is 20.8 Å². The molecular weight excluding hydrogens is 266 g/mol. The van der Waals surface area contributed by atoms with Crippen LogP contribution >= 0.6 is 0 Å². The van der Waals surface area contributed by atoms with Gasteiger partial charge in [-0.2, -0.15) is 0 Å². The van der Waals surface area contributed by atoms with Crippen LogP contribution in [0.1, 0.15) is 53.4 Å². The Kier molecular flexibility index (Phi) is 5.31. The number of hydrogen-bond donors (Lipinski definition) is 2. The second-order valence-corrected chi connectivity index (χ2v) is 7.29. The second kappa shape index (κ2) is 6.66. The third-order valence-electron chi connectivity index (χ3n) is 5.57. The lowest BCUT2D eigenvalue weighted by Crippen LogP contribution is -2.55. The molecule has 4 nitrogen and oxygen atoms in total. The number of rotatable bonds is 6. The van der Waals surface area contributed by atoms with Gasteiger partial charge < -0.3 is 15.2 Å². The summed E-state index contributed by atoms with van der Waals surface area (Å²) >= 11 is 0. The average molecular weight is 297 g/mol. The van der Waals surface area contributed by atoms with E-state index in [1.54, 1.807) is 0 Å². The van der Waals surface area contributed by atoms with E-state index in [4.69, 9.17) is 4.74 Å². The number of nitrogens with one attached hydrogen (secondary N) is 1. The first-order chi connectivity index (χ1) is 9.90. The van der Waals surface area contributed by atoms with Gasteiger partial charge in [-0.3, -0.25) is 4.79 Å². The highest BCUT2D eigenvalue weighted by Gasteiger charge is 2.54. The highest BCUT2D eigenvalue weighted by molar-refractivity contribution is 5.76. The third-order valence-corrected chi connectivity index (χ3v) is 5.57. The Labute approximate surface area is 128 Å². The van der Waals surface area contributed by atoms with E-state index < -0.39 is 5.60 Å². The van der Waals surface area contributed by atoms with E-state index in [0.717, 1.165) is 19.3 Å². The van der Waals surface area contributed by atoms with Crippen LogP contribution in [0.5, 0.6) is 0 Å². The van der Waals surface area contributed by atoms with E-state index in [9.17, 15) is 9.90 Å². The number of esters is 1. The van der Waals surface area contributed by atoms with Crippen LogP contribution in [0.3, 0.4) is 0 Å². The molecule has 0 spiro atoms. The predicted molar refractivity (Wildman–Crippen MR) is 82.8 cm³/mol. The highest BCUT2D eigenvalue weighted by Crippen LogP contribution is 2.52. The van der Waals surface area contributed by atoms with Crippen LogP contribution < -0.4 is 5.32 Å². The van der Waals surface area contributed by atoms with E-state index >= 15 is 0 Å². The van der Waals surface area contributed by atoms with Crippen LogP contribution in [0.4, 0.5) is 0 Å². The SMILES string of the molecule is CCOC(=O)[C@@H](NC[C@@]1(O)C2CCC[C@@H]1[C@@H](C)C2)C(C)C. The van der Waals surface area contributed by atoms with Crippen molar-refractivity contribution < 1.29 is 14.6 Å². The highest BCUT2D eigenvalue weighted by atomic mass is 16.5. The smallest absolute Gasteiger partial charge is 0.323 e. The largest absolute Gasteiger partial charge is 0.465 e. The van der Waals surface area contributed by atoms with Crippen molar-refractivity contribution in [1.29, 1.82) is 0 Å². The Morgan fingerprint density at radius 1 is 1.43 bits per heavy atom. The summed E-state index contributed by atoms with van der Waals surface area (Å²) < 4.78 is 5.15. The fourth-order valence-electron chi connectivity index (χ4n) is 4.47. The minimum absolute atomic E-state index is 0.159. The van der Waals surface area contributed by atoms with Crippen molar-refractivity contribution in [3.05, 3.63) is 0 Å². The molecule has 0 heterocycles. The summed E-state index contributed by atoms with van der Waals surface area (Å²) in [7, 11) is 0. The molecule has 0 saturated heterocycles. The first kappa shape index (κ1) is 16.8. The number of aliphatic hydroxyl groups is 1. The summed E-state index contributed by atoms with van der Waals surface area (Å²) in [5.41, 5.74) is -0.642. The van der Waals surface area contributed by atoms with Gasteiger partial charge in [0.2, 0.25) is 0 Å². The Morgan fingerprint density at radius 3 is 2.71 bits per heavy atom. The molecule has 21 heavy (non-hydrogen) atoms. The Hall–Kier alpha value is -0.610. The van der Waals surface area contributed by atoms with Crippen molar-refractivity contribution >= 4 is 5.97 Å². The van der Waals surface area contributed by atoms with Gasteiger partial charge in [0.05, 0.1) is 12.2 Å². The van der Waals surface area contributed by atoms with Crippen molar-refractivity contribution in [3.8, 4) is 0 Å². The molecular formula is C17H31NO3. The lowest BCUT2D eigenvalue weighted by Gasteiger charge is -2.41. The molecule has 0 aromatic rings. The Balaban J connectivity index is 2.01. The Bertz CT molecular complexity index is 371. The molecule has 2 aliphatic carbocycles. The molecule has 2 rings (SSSR count). The third kappa shape index (κ3) is 3.26. The molecule has 0 radical (unpaired) electrons. The molecule has 0 aromatic carbocycles. The summed E-state index contributed by atoms with van der Waals surface area (Å²) in [6.07, 6.45) is 4.58. The first-order valence-corrected chi connectivity index (χ1v) is 8.52. The summed E-state index contributed by atoms with van der Waals surface area (Å²) in [5, 5.41) is 14.5. The van der Waals surface area contributed by atoms with Crippen LogP contribution in [-0.4, -0.2) is 35.9 Å². The van der Waals surface area contributed by atoms with Gasteiger partial charge in [-0.05, 0) is 49.9 Å². The zero-order valence-electron chi connectivity index (χ0n) is 13.9. The molecule has 0 aromatic heterocycles. The lowest BCUT2D eigenvalue weighted by atomic mass is 9.73. The summed E-state index contributed by atoms with van der Waals surface area (Å²) in [6, 6.07) is -0.328. The lowest BCUT2D eigenvalue weighted by molar-refractivity contribution is -0.147. The van der Waals surface area contributed by atoms with Crippen molar-refractivity contribution in [2.75, 3.05) is 13.2 Å². The van der Waals surface area contributed by atoms with Crippen molar-refractivity contribution in [3.63, 3.8) is 0 Å². The monoisotopic (exact) mass is 297 g/mol. The van der Waals surface area contributed by atoms with Crippen LogP contribution in [0, 0.1) is 23.7 Å². The first-order valence-electron chi connectivity index (χ1n) is 8.52. The molecule has 2 bridgehead atoms. The number of carbonyl (C=O) groups is 1. The van der Waals surface area contributed by atoms with Crippen LogP contribution in [0.25, 0.3) is 0 Å². The normalized spacial score (nSPS) is 36.8. The number of fused-ring (bicyclic) bond motifs is 2. The van der Waals surface area contributed by atoms with Gasteiger partial charge in [-0.15, -0.1) is 0 Å². The molecule has 0 amide bonds.